The summed E-state index contributed by atoms with van der Waals surface area (Å²) in [5.74, 6) is -4.69. The second-order valence-electron chi connectivity index (χ2n) is 8.52. The summed E-state index contributed by atoms with van der Waals surface area (Å²) >= 11 is 6.20. The van der Waals surface area contributed by atoms with Crippen LogP contribution in [-0.2, 0) is 6.18 Å². The lowest BCUT2D eigenvalue weighted by molar-refractivity contribution is -0.137. The molecule has 40 heavy (non-hydrogen) atoms. The zero-order valence-corrected chi connectivity index (χ0v) is 20.7. The van der Waals surface area contributed by atoms with Crippen LogP contribution >= 0.6 is 11.6 Å². The van der Waals surface area contributed by atoms with Crippen molar-refractivity contribution in [1.82, 2.24) is 5.32 Å². The maximum absolute atomic E-state index is 14.1. The van der Waals surface area contributed by atoms with E-state index in [0.29, 0.717) is 12.1 Å². The number of carbonyl (C=O) groups excluding carboxylic acids is 2. The van der Waals surface area contributed by atoms with Crippen LogP contribution in [0.3, 0.4) is 0 Å². The lowest BCUT2D eigenvalue weighted by atomic mass is 9.94. The number of hydrogen-bond acceptors (Lipinski definition) is 4. The molecule has 212 valence electrons. The Bertz CT molecular complexity index is 1510. The van der Waals surface area contributed by atoms with Crippen molar-refractivity contribution in [2.75, 3.05) is 24.3 Å². The normalized spacial score (nSPS) is 14.9. The monoisotopic (exact) mass is 593 g/mol. The molecule has 1 unspecified atom stereocenters. The van der Waals surface area contributed by atoms with Crippen LogP contribution in [0.5, 0.6) is 5.75 Å². The Labute approximate surface area is 225 Å². The number of halogens is 9. The molecule has 0 aliphatic carbocycles. The number of anilines is 2. The van der Waals surface area contributed by atoms with Gasteiger partial charge in [0.2, 0.25) is 0 Å². The number of fused-ring (bicyclic) bond motifs is 1. The number of rotatable bonds is 6. The molecule has 3 N–H and O–H groups in total. The zero-order valence-electron chi connectivity index (χ0n) is 20.0. The molecule has 15 heteroatoms. The number of hydrogen-bond donors (Lipinski definition) is 3. The van der Waals surface area contributed by atoms with E-state index in [1.54, 1.807) is 0 Å². The van der Waals surface area contributed by atoms with Gasteiger partial charge in [0.15, 0.2) is 5.75 Å². The Morgan fingerprint density at radius 3 is 2.33 bits per heavy atom. The maximum Gasteiger partial charge on any atom is 0.416 e. The Kier molecular flexibility index (Phi) is 7.58. The summed E-state index contributed by atoms with van der Waals surface area (Å²) in [6.07, 6.45) is -9.72. The lowest BCUT2D eigenvalue weighted by Gasteiger charge is -2.21. The highest BCUT2D eigenvalue weighted by Crippen LogP contribution is 2.46. The van der Waals surface area contributed by atoms with Crippen LogP contribution in [0.15, 0.2) is 42.5 Å². The van der Waals surface area contributed by atoms with Crippen LogP contribution in [0.4, 0.5) is 46.5 Å². The van der Waals surface area contributed by atoms with E-state index in [1.807, 2.05) is 5.32 Å². The summed E-state index contributed by atoms with van der Waals surface area (Å²) in [5, 5.41) is 6.73. The Hall–Kier alpha value is -4.07. The van der Waals surface area contributed by atoms with E-state index in [2.05, 4.69) is 10.6 Å². The molecular formula is C25H16ClF8N3O3. The molecule has 1 heterocycles. The molecule has 2 amide bonds. The lowest BCUT2D eigenvalue weighted by Crippen LogP contribution is -2.22. The molecule has 0 saturated carbocycles. The molecule has 1 aliphatic rings. The summed E-state index contributed by atoms with van der Waals surface area (Å²) in [5.41, 5.74) is -3.52. The minimum atomic E-state index is -5.00. The van der Waals surface area contributed by atoms with Crippen molar-refractivity contribution >= 4 is 34.8 Å². The summed E-state index contributed by atoms with van der Waals surface area (Å²) in [7, 11) is 1.06. The molecule has 0 bridgehead atoms. The van der Waals surface area contributed by atoms with Crippen LogP contribution in [0.25, 0.3) is 0 Å². The third kappa shape index (κ3) is 5.91. The Morgan fingerprint density at radius 2 is 1.70 bits per heavy atom. The second-order valence-corrected chi connectivity index (χ2v) is 8.92. The van der Waals surface area contributed by atoms with E-state index in [9.17, 15) is 44.7 Å². The molecule has 3 aromatic rings. The Morgan fingerprint density at radius 1 is 1.00 bits per heavy atom. The molecule has 0 saturated heterocycles. The fraction of sp³-hybridized carbons (Fsp3) is 0.200. The standard InChI is InChI=1S/C25H16ClF8N3O3/c1-40-21-17(35-9-24(29,30)31)8-16(36-22(38)10-4-11(25(32,33)34)6-13(28)5-10)18-19(21)23(39)37-20(18)14-7-12(27)2-3-15(14)26/h2-8,20,35H,9H2,1H3,(H,36,38)(H,37,39). The molecule has 6 nitrogen and oxygen atoms in total. The van der Waals surface area contributed by atoms with Crippen LogP contribution < -0.4 is 20.7 Å². The van der Waals surface area contributed by atoms with Crippen molar-refractivity contribution in [3.8, 4) is 5.75 Å². The number of methoxy groups -OCH3 is 1. The molecule has 4 rings (SSSR count). The van der Waals surface area contributed by atoms with Gasteiger partial charge in [-0.3, -0.25) is 9.59 Å². The number of benzene rings is 3. The first kappa shape index (κ1) is 28.9. The van der Waals surface area contributed by atoms with Gasteiger partial charge in [-0.2, -0.15) is 26.3 Å². The van der Waals surface area contributed by atoms with Gasteiger partial charge in [-0.05, 0) is 42.5 Å². The van der Waals surface area contributed by atoms with E-state index >= 15 is 0 Å². The topological polar surface area (TPSA) is 79.5 Å². The van der Waals surface area contributed by atoms with Crippen molar-refractivity contribution in [3.05, 3.63) is 86.9 Å². The number of nitrogens with one attached hydrogen (secondary N) is 3. The first-order valence-corrected chi connectivity index (χ1v) is 11.5. The molecule has 1 atom stereocenters. The van der Waals surface area contributed by atoms with Crippen molar-refractivity contribution in [2.45, 2.75) is 18.4 Å². The highest BCUT2D eigenvalue weighted by atomic mass is 35.5. The summed E-state index contributed by atoms with van der Waals surface area (Å²) in [4.78, 5) is 26.0. The quantitative estimate of drug-likeness (QED) is 0.278. The van der Waals surface area contributed by atoms with E-state index < -0.39 is 65.2 Å². The average Bonchev–Trinajstić information content (AvgIpc) is 3.20. The summed E-state index contributed by atoms with van der Waals surface area (Å²) in [6.45, 7) is -1.59. The van der Waals surface area contributed by atoms with Gasteiger partial charge in [-0.15, -0.1) is 0 Å². The van der Waals surface area contributed by atoms with Gasteiger partial charge in [-0.25, -0.2) is 8.78 Å². The predicted octanol–water partition coefficient (Wildman–Crippen LogP) is 6.70. The van der Waals surface area contributed by atoms with E-state index in [4.69, 9.17) is 16.3 Å². The minimum absolute atomic E-state index is 0.00701. The van der Waals surface area contributed by atoms with Gasteiger partial charge in [0.25, 0.3) is 11.8 Å². The fourth-order valence-electron chi connectivity index (χ4n) is 4.17. The predicted molar refractivity (Wildman–Crippen MR) is 128 cm³/mol. The number of alkyl halides is 6. The van der Waals surface area contributed by atoms with Gasteiger partial charge in [0.1, 0.15) is 18.2 Å². The van der Waals surface area contributed by atoms with Crippen LogP contribution in [0, 0.1) is 11.6 Å². The largest absolute Gasteiger partial charge is 0.494 e. The minimum Gasteiger partial charge on any atom is -0.494 e. The van der Waals surface area contributed by atoms with Gasteiger partial charge >= 0.3 is 12.4 Å². The summed E-state index contributed by atoms with van der Waals surface area (Å²) < 4.78 is 112. The first-order valence-electron chi connectivity index (χ1n) is 11.1. The van der Waals surface area contributed by atoms with Crippen LogP contribution in [0.2, 0.25) is 5.02 Å². The highest BCUT2D eigenvalue weighted by Gasteiger charge is 2.39. The molecule has 0 fully saturated rings. The van der Waals surface area contributed by atoms with E-state index in [-0.39, 0.29) is 39.2 Å². The van der Waals surface area contributed by atoms with Crippen LogP contribution in [0.1, 0.15) is 43.4 Å². The summed E-state index contributed by atoms with van der Waals surface area (Å²) in [6, 6.07) is 3.91. The Balaban J connectivity index is 1.90. The van der Waals surface area contributed by atoms with Crippen molar-refractivity contribution in [3.63, 3.8) is 0 Å². The number of ether oxygens (including phenoxy) is 1. The van der Waals surface area contributed by atoms with Gasteiger partial charge in [-0.1, -0.05) is 11.6 Å². The second kappa shape index (κ2) is 10.5. The van der Waals surface area contributed by atoms with E-state index in [0.717, 1.165) is 25.3 Å². The number of amides is 2. The van der Waals surface area contributed by atoms with Gasteiger partial charge in [0.05, 0.1) is 30.0 Å². The fourth-order valence-corrected chi connectivity index (χ4v) is 4.40. The molecule has 0 radical (unpaired) electrons. The van der Waals surface area contributed by atoms with Crippen molar-refractivity contribution < 1.29 is 49.4 Å². The SMILES string of the molecule is COc1c(NCC(F)(F)F)cc(NC(=O)c2cc(F)cc(C(F)(F)F)c2)c2c1C(=O)NC2c1cc(F)ccc1Cl. The molecule has 0 spiro atoms. The van der Waals surface area contributed by atoms with Crippen LogP contribution in [-0.4, -0.2) is 31.6 Å². The molecular weight excluding hydrogens is 578 g/mol. The zero-order chi connectivity index (χ0) is 29.6. The van der Waals surface area contributed by atoms with Crippen molar-refractivity contribution in [1.29, 1.82) is 0 Å². The molecule has 0 aromatic heterocycles. The van der Waals surface area contributed by atoms with Gasteiger partial charge in [0, 0.05) is 27.4 Å². The van der Waals surface area contributed by atoms with Gasteiger partial charge < -0.3 is 20.7 Å². The molecule has 1 aliphatic heterocycles. The smallest absolute Gasteiger partial charge is 0.416 e. The third-order valence-electron chi connectivity index (χ3n) is 5.80. The maximum atomic E-state index is 14.1. The highest BCUT2D eigenvalue weighted by molar-refractivity contribution is 6.31. The van der Waals surface area contributed by atoms with Crippen molar-refractivity contribution in [2.24, 2.45) is 0 Å². The van der Waals surface area contributed by atoms with E-state index in [1.165, 1.54) is 6.07 Å². The number of carbonyl (C=O) groups is 2. The third-order valence-corrected chi connectivity index (χ3v) is 6.14. The first-order chi connectivity index (χ1) is 18.6. The molecule has 3 aromatic carbocycles. The average molecular weight is 594 g/mol.